The molecule has 0 bridgehead atoms. The lowest BCUT2D eigenvalue weighted by Gasteiger charge is -2.02. The van der Waals surface area contributed by atoms with Gasteiger partial charge in [-0.25, -0.2) is 4.98 Å². The van der Waals surface area contributed by atoms with Crippen molar-refractivity contribution in [2.24, 2.45) is 5.10 Å². The van der Waals surface area contributed by atoms with Crippen molar-refractivity contribution in [1.29, 1.82) is 5.26 Å². The fourth-order valence-corrected chi connectivity index (χ4v) is 3.23. The Kier molecular flexibility index (Phi) is 5.43. The molecule has 124 valence electrons. The van der Waals surface area contributed by atoms with Gasteiger partial charge < -0.3 is 4.74 Å². The maximum atomic E-state index is 9.38. The molecule has 0 aliphatic heterocycles. The summed E-state index contributed by atoms with van der Waals surface area (Å²) in [4.78, 5) is 4.52. The van der Waals surface area contributed by atoms with Crippen molar-refractivity contribution < 1.29 is 4.74 Å². The van der Waals surface area contributed by atoms with E-state index in [1.807, 2.05) is 53.9 Å². The summed E-state index contributed by atoms with van der Waals surface area (Å²) < 4.78 is 6.09. The van der Waals surface area contributed by atoms with Gasteiger partial charge in [0.15, 0.2) is 10.7 Å². The number of benzene rings is 2. The summed E-state index contributed by atoms with van der Waals surface area (Å²) >= 11 is 4.83. The minimum atomic E-state index is 0.238. The van der Waals surface area contributed by atoms with Gasteiger partial charge in [-0.15, -0.1) is 11.3 Å². The molecular weight excluding hydrogens is 400 g/mol. The fourth-order valence-electron chi connectivity index (χ4n) is 2.07. The second-order valence-corrected chi connectivity index (χ2v) is 6.73. The van der Waals surface area contributed by atoms with Gasteiger partial charge in [0.05, 0.1) is 18.5 Å². The molecule has 5 nitrogen and oxygen atoms in total. The summed E-state index contributed by atoms with van der Waals surface area (Å²) in [6.45, 7) is 0. The number of hydrogen-bond acceptors (Lipinski definition) is 6. The molecule has 1 heterocycles. The molecule has 0 saturated carbocycles. The molecule has 0 spiro atoms. The van der Waals surface area contributed by atoms with E-state index in [0.29, 0.717) is 5.01 Å². The number of halogens is 1. The molecule has 0 aliphatic rings. The van der Waals surface area contributed by atoms with Crippen LogP contribution in [0.25, 0.3) is 11.3 Å². The molecule has 0 radical (unpaired) electrons. The number of aromatic nitrogens is 1. The number of anilines is 1. The van der Waals surface area contributed by atoms with Crippen LogP contribution in [0.15, 0.2) is 63.5 Å². The predicted octanol–water partition coefficient (Wildman–Crippen LogP) is 4.92. The highest BCUT2D eigenvalue weighted by Crippen LogP contribution is 2.25. The zero-order chi connectivity index (χ0) is 17.6. The molecule has 3 rings (SSSR count). The van der Waals surface area contributed by atoms with Crippen LogP contribution in [0.3, 0.4) is 0 Å². The molecule has 1 N–H and O–H groups in total. The van der Waals surface area contributed by atoms with Gasteiger partial charge in [-0.2, -0.15) is 10.4 Å². The number of methoxy groups -OCH3 is 1. The average molecular weight is 413 g/mol. The van der Waals surface area contributed by atoms with Crippen LogP contribution in [0, 0.1) is 11.3 Å². The van der Waals surface area contributed by atoms with Crippen LogP contribution in [0.1, 0.15) is 5.01 Å². The number of rotatable bonds is 5. The first-order valence-electron chi connectivity index (χ1n) is 7.29. The van der Waals surface area contributed by atoms with Crippen LogP contribution in [-0.4, -0.2) is 17.8 Å². The molecule has 2 aromatic carbocycles. The second kappa shape index (κ2) is 7.92. The molecule has 0 unspecified atom stereocenters. The van der Waals surface area contributed by atoms with Gasteiger partial charge in [0.1, 0.15) is 11.8 Å². The monoisotopic (exact) mass is 412 g/mol. The Labute approximate surface area is 157 Å². The lowest BCUT2D eigenvalue weighted by molar-refractivity contribution is 0.415. The van der Waals surface area contributed by atoms with Gasteiger partial charge in [0, 0.05) is 15.4 Å². The minimum Gasteiger partial charge on any atom is -0.497 e. The Morgan fingerprint density at radius 3 is 2.76 bits per heavy atom. The highest BCUT2D eigenvalue weighted by atomic mass is 79.9. The van der Waals surface area contributed by atoms with E-state index < -0.39 is 0 Å². The largest absolute Gasteiger partial charge is 0.497 e. The zero-order valence-electron chi connectivity index (χ0n) is 13.2. The first-order chi connectivity index (χ1) is 12.2. The van der Waals surface area contributed by atoms with E-state index in [2.05, 4.69) is 37.5 Å². The third kappa shape index (κ3) is 4.24. The van der Waals surface area contributed by atoms with Crippen LogP contribution >= 0.6 is 27.3 Å². The number of ether oxygens (including phenoxy) is 1. The standard InChI is InChI=1S/C18H13BrN4OS/c1-24-15-7-5-14(6-8-15)22-23-16(10-20)18-21-17(11-25-18)12-3-2-4-13(19)9-12/h2-9,11,22H,1H3. The van der Waals surface area contributed by atoms with Crippen molar-refractivity contribution in [3.63, 3.8) is 0 Å². The second-order valence-electron chi connectivity index (χ2n) is 4.96. The molecule has 0 fully saturated rings. The van der Waals surface area contributed by atoms with Gasteiger partial charge in [0.2, 0.25) is 0 Å². The lowest BCUT2D eigenvalue weighted by atomic mass is 10.2. The molecule has 3 aromatic rings. The maximum absolute atomic E-state index is 9.38. The smallest absolute Gasteiger partial charge is 0.196 e. The SMILES string of the molecule is COc1ccc(NN=C(C#N)c2nc(-c3cccc(Br)c3)cs2)cc1. The molecular formula is C18H13BrN4OS. The number of thiazole rings is 1. The van der Waals surface area contributed by atoms with Crippen molar-refractivity contribution in [1.82, 2.24) is 4.98 Å². The Morgan fingerprint density at radius 2 is 2.08 bits per heavy atom. The number of nitrogens with one attached hydrogen (secondary N) is 1. The average Bonchev–Trinajstić information content (AvgIpc) is 3.13. The molecule has 0 amide bonds. The van der Waals surface area contributed by atoms with Gasteiger partial charge in [0.25, 0.3) is 0 Å². The van der Waals surface area contributed by atoms with Crippen molar-refractivity contribution in [3.05, 3.63) is 63.4 Å². The van der Waals surface area contributed by atoms with E-state index in [0.717, 1.165) is 27.2 Å². The van der Waals surface area contributed by atoms with E-state index in [1.165, 1.54) is 11.3 Å². The molecule has 1 aromatic heterocycles. The number of nitriles is 1. The van der Waals surface area contributed by atoms with Crippen LogP contribution in [-0.2, 0) is 0 Å². The molecule has 0 saturated heterocycles. The normalized spacial score (nSPS) is 11.0. The Bertz CT molecular complexity index is 944. The van der Waals surface area contributed by atoms with E-state index in [1.54, 1.807) is 7.11 Å². The van der Waals surface area contributed by atoms with E-state index in [9.17, 15) is 5.26 Å². The van der Waals surface area contributed by atoms with Crippen LogP contribution in [0.5, 0.6) is 5.75 Å². The first-order valence-corrected chi connectivity index (χ1v) is 8.96. The maximum Gasteiger partial charge on any atom is 0.196 e. The Hall–Kier alpha value is -2.69. The molecule has 25 heavy (non-hydrogen) atoms. The highest BCUT2D eigenvalue weighted by molar-refractivity contribution is 9.10. The summed E-state index contributed by atoms with van der Waals surface area (Å²) in [7, 11) is 1.61. The van der Waals surface area contributed by atoms with Crippen molar-refractivity contribution >= 4 is 38.7 Å². The van der Waals surface area contributed by atoms with Gasteiger partial charge in [-0.1, -0.05) is 28.1 Å². The minimum absolute atomic E-state index is 0.238. The van der Waals surface area contributed by atoms with Crippen molar-refractivity contribution in [2.75, 3.05) is 12.5 Å². The van der Waals surface area contributed by atoms with E-state index >= 15 is 0 Å². The summed E-state index contributed by atoms with van der Waals surface area (Å²) in [5.41, 5.74) is 5.67. The molecule has 7 heteroatoms. The van der Waals surface area contributed by atoms with Crippen LogP contribution < -0.4 is 10.2 Å². The van der Waals surface area contributed by atoms with Crippen molar-refractivity contribution in [3.8, 4) is 23.1 Å². The topological polar surface area (TPSA) is 70.3 Å². The highest BCUT2D eigenvalue weighted by Gasteiger charge is 2.10. The fraction of sp³-hybridized carbons (Fsp3) is 0.0556. The van der Waals surface area contributed by atoms with E-state index in [-0.39, 0.29) is 5.71 Å². The molecule has 0 atom stereocenters. The Morgan fingerprint density at radius 1 is 1.28 bits per heavy atom. The van der Waals surface area contributed by atoms with Gasteiger partial charge in [-0.05, 0) is 36.4 Å². The van der Waals surface area contributed by atoms with Crippen LogP contribution in [0.4, 0.5) is 5.69 Å². The summed E-state index contributed by atoms with van der Waals surface area (Å²) in [6.07, 6.45) is 0. The third-order valence-corrected chi connectivity index (χ3v) is 4.66. The third-order valence-electron chi connectivity index (χ3n) is 3.32. The zero-order valence-corrected chi connectivity index (χ0v) is 15.6. The number of hydrogen-bond donors (Lipinski definition) is 1. The summed E-state index contributed by atoms with van der Waals surface area (Å²) in [5.74, 6) is 0.758. The van der Waals surface area contributed by atoms with Gasteiger partial charge >= 0.3 is 0 Å². The number of nitrogens with zero attached hydrogens (tertiary/aromatic N) is 3. The Balaban J connectivity index is 1.80. The van der Waals surface area contributed by atoms with Gasteiger partial charge in [-0.3, -0.25) is 5.43 Å². The molecule has 0 aliphatic carbocycles. The first kappa shape index (κ1) is 17.1. The van der Waals surface area contributed by atoms with Crippen molar-refractivity contribution in [2.45, 2.75) is 0 Å². The van der Waals surface area contributed by atoms with Crippen LogP contribution in [0.2, 0.25) is 0 Å². The van der Waals surface area contributed by atoms with E-state index in [4.69, 9.17) is 4.74 Å². The lowest BCUT2D eigenvalue weighted by Crippen LogP contribution is -2.01. The predicted molar refractivity (Wildman–Crippen MR) is 104 cm³/mol. The summed E-state index contributed by atoms with van der Waals surface area (Å²) in [5, 5.41) is 16.0. The summed E-state index contributed by atoms with van der Waals surface area (Å²) in [6, 6.07) is 17.2. The quantitative estimate of drug-likeness (QED) is 0.476. The number of hydrazone groups is 1.